The molecule has 2 amide bonds. The maximum Gasteiger partial charge on any atom is 0.274 e. The Morgan fingerprint density at radius 3 is 2.43 bits per heavy atom. The summed E-state index contributed by atoms with van der Waals surface area (Å²) < 4.78 is 13.1. The lowest BCUT2D eigenvalue weighted by Gasteiger charge is -2.31. The fourth-order valence-corrected chi connectivity index (χ4v) is 6.33. The van der Waals surface area contributed by atoms with E-state index in [0.717, 1.165) is 73.1 Å². The zero-order valence-electron chi connectivity index (χ0n) is 21.4. The summed E-state index contributed by atoms with van der Waals surface area (Å²) in [6.45, 7) is 2.48. The molecule has 3 aromatic rings. The van der Waals surface area contributed by atoms with E-state index in [-0.39, 0.29) is 17.7 Å². The van der Waals surface area contributed by atoms with E-state index in [1.807, 2.05) is 43.4 Å². The zero-order chi connectivity index (χ0) is 25.5. The number of carbonyl (C=O) groups is 2. The highest BCUT2D eigenvalue weighted by Gasteiger charge is 2.34. The van der Waals surface area contributed by atoms with E-state index in [4.69, 9.17) is 14.6 Å². The van der Waals surface area contributed by atoms with Gasteiger partial charge < -0.3 is 19.3 Å². The first-order valence-corrected chi connectivity index (χ1v) is 14.0. The molecule has 2 aromatic heterocycles. The Kier molecular flexibility index (Phi) is 6.40. The minimum atomic E-state index is -0.0490. The van der Waals surface area contributed by atoms with Crippen LogP contribution in [0, 0.1) is 5.92 Å². The fourth-order valence-electron chi connectivity index (χ4n) is 5.71. The molecular formula is C28H32N4O4S. The lowest BCUT2D eigenvalue weighted by atomic mass is 9.84. The van der Waals surface area contributed by atoms with Crippen LogP contribution in [0.5, 0.6) is 11.5 Å². The van der Waals surface area contributed by atoms with Crippen LogP contribution in [0.2, 0.25) is 0 Å². The average Bonchev–Trinajstić information content (AvgIpc) is 3.48. The Labute approximate surface area is 220 Å². The summed E-state index contributed by atoms with van der Waals surface area (Å²) in [5, 5.41) is 8.99. The number of aryl methyl sites for hydroxylation is 1. The first-order valence-electron chi connectivity index (χ1n) is 13.1. The van der Waals surface area contributed by atoms with Crippen molar-refractivity contribution in [3.63, 3.8) is 0 Å². The van der Waals surface area contributed by atoms with Crippen LogP contribution < -0.4 is 9.47 Å². The number of hydrogen-bond donors (Lipinski definition) is 0. The first-order chi connectivity index (χ1) is 18.1. The van der Waals surface area contributed by atoms with Crippen LogP contribution in [0.1, 0.15) is 47.3 Å². The van der Waals surface area contributed by atoms with Gasteiger partial charge >= 0.3 is 0 Å². The summed E-state index contributed by atoms with van der Waals surface area (Å²) in [5.74, 6) is 1.76. The van der Waals surface area contributed by atoms with Gasteiger partial charge in [0.15, 0.2) is 17.2 Å². The van der Waals surface area contributed by atoms with E-state index >= 15 is 0 Å². The third-order valence-corrected chi connectivity index (χ3v) is 8.67. The van der Waals surface area contributed by atoms with Gasteiger partial charge in [0.05, 0.1) is 25.6 Å². The van der Waals surface area contributed by atoms with E-state index < -0.39 is 0 Å². The molecule has 1 aliphatic heterocycles. The van der Waals surface area contributed by atoms with Gasteiger partial charge in [-0.25, -0.2) is 4.68 Å². The van der Waals surface area contributed by atoms with Gasteiger partial charge in [0, 0.05) is 48.6 Å². The molecule has 0 radical (unpaired) electrons. The number of benzene rings is 1. The topological polar surface area (TPSA) is 76.9 Å². The molecule has 3 aliphatic rings. The number of amides is 2. The Bertz CT molecular complexity index is 1330. The molecule has 1 saturated carbocycles. The van der Waals surface area contributed by atoms with Gasteiger partial charge in [-0.05, 0) is 61.2 Å². The smallest absolute Gasteiger partial charge is 0.274 e. The zero-order valence-corrected chi connectivity index (χ0v) is 22.2. The summed E-state index contributed by atoms with van der Waals surface area (Å²) in [6.07, 6.45) is 5.46. The predicted octanol–water partition coefficient (Wildman–Crippen LogP) is 4.19. The molecule has 9 heteroatoms. The molecule has 2 fully saturated rings. The van der Waals surface area contributed by atoms with Gasteiger partial charge in [0.25, 0.3) is 5.91 Å². The van der Waals surface area contributed by atoms with Crippen molar-refractivity contribution < 1.29 is 19.1 Å². The average molecular weight is 521 g/mol. The predicted molar refractivity (Wildman–Crippen MR) is 142 cm³/mol. The van der Waals surface area contributed by atoms with Gasteiger partial charge in [0.1, 0.15) is 0 Å². The van der Waals surface area contributed by atoms with Crippen molar-refractivity contribution in [2.45, 2.75) is 38.5 Å². The number of carbonyl (C=O) groups excluding carboxylic acids is 2. The molecule has 0 spiro atoms. The number of methoxy groups -OCH3 is 2. The number of ether oxygens (including phenoxy) is 2. The Morgan fingerprint density at radius 1 is 0.973 bits per heavy atom. The molecule has 1 aromatic carbocycles. The fraction of sp³-hybridized carbons (Fsp3) is 0.464. The monoisotopic (exact) mass is 520 g/mol. The van der Waals surface area contributed by atoms with Gasteiger partial charge in [0.2, 0.25) is 5.91 Å². The summed E-state index contributed by atoms with van der Waals surface area (Å²) in [7, 11) is 3.28. The lowest BCUT2D eigenvalue weighted by Crippen LogP contribution is -2.41. The second-order valence-electron chi connectivity index (χ2n) is 10.0. The largest absolute Gasteiger partial charge is 0.493 e. The molecular weight excluding hydrogens is 488 g/mol. The molecule has 194 valence electrons. The van der Waals surface area contributed by atoms with Crippen LogP contribution in [0.4, 0.5) is 0 Å². The van der Waals surface area contributed by atoms with Crippen molar-refractivity contribution in [2.75, 3.05) is 40.4 Å². The molecule has 0 unspecified atom stereocenters. The third-order valence-electron chi connectivity index (χ3n) is 7.99. The second-order valence-corrected chi connectivity index (χ2v) is 10.8. The maximum absolute atomic E-state index is 13.9. The van der Waals surface area contributed by atoms with Gasteiger partial charge in [-0.3, -0.25) is 9.59 Å². The van der Waals surface area contributed by atoms with Crippen molar-refractivity contribution in [1.82, 2.24) is 19.6 Å². The minimum Gasteiger partial charge on any atom is -0.493 e. The number of fused-ring (bicyclic) bond motifs is 3. The van der Waals surface area contributed by atoms with Gasteiger partial charge in [-0.1, -0.05) is 6.42 Å². The molecule has 6 rings (SSSR count). The highest BCUT2D eigenvalue weighted by molar-refractivity contribution is 7.08. The number of thiophene rings is 1. The molecule has 2 aliphatic carbocycles. The molecule has 0 bridgehead atoms. The van der Waals surface area contributed by atoms with Crippen LogP contribution in [-0.2, 0) is 17.6 Å². The summed E-state index contributed by atoms with van der Waals surface area (Å²) in [5.41, 5.74) is 5.55. The highest BCUT2D eigenvalue weighted by atomic mass is 32.1. The standard InChI is InChI=1S/C28H32N4O4S/c1-35-23-15-19-7-8-21-25(28(34)31-11-4-10-30(12-13-31)27(33)18-5-3-6-18)29-32(20-9-14-37-17-20)26(21)22(19)16-24(23)36-2/h9,14-18H,3-8,10-13H2,1-2H3. The van der Waals surface area contributed by atoms with Crippen molar-refractivity contribution in [2.24, 2.45) is 5.92 Å². The maximum atomic E-state index is 13.9. The third kappa shape index (κ3) is 4.19. The first kappa shape index (κ1) is 24.0. The van der Waals surface area contributed by atoms with Crippen LogP contribution in [-0.4, -0.2) is 71.8 Å². The number of rotatable bonds is 5. The van der Waals surface area contributed by atoms with Crippen LogP contribution in [0.25, 0.3) is 16.9 Å². The van der Waals surface area contributed by atoms with E-state index in [9.17, 15) is 9.59 Å². The molecule has 1 saturated heterocycles. The van der Waals surface area contributed by atoms with E-state index in [0.29, 0.717) is 36.8 Å². The normalized spacial score (nSPS) is 17.5. The molecule has 3 heterocycles. The van der Waals surface area contributed by atoms with E-state index in [1.165, 1.54) is 0 Å². The number of nitrogens with zero attached hydrogens (tertiary/aromatic N) is 4. The Balaban J connectivity index is 1.35. The molecule has 0 N–H and O–H groups in total. The van der Waals surface area contributed by atoms with E-state index in [1.54, 1.807) is 25.6 Å². The van der Waals surface area contributed by atoms with Crippen LogP contribution in [0.15, 0.2) is 29.0 Å². The van der Waals surface area contributed by atoms with Gasteiger partial charge in [-0.2, -0.15) is 16.4 Å². The van der Waals surface area contributed by atoms with Crippen molar-refractivity contribution in [3.05, 3.63) is 45.8 Å². The highest BCUT2D eigenvalue weighted by Crippen LogP contribution is 2.42. The van der Waals surface area contributed by atoms with Crippen LogP contribution >= 0.6 is 11.3 Å². The van der Waals surface area contributed by atoms with Crippen molar-refractivity contribution in [3.8, 4) is 28.4 Å². The Hall–Kier alpha value is -3.33. The van der Waals surface area contributed by atoms with Crippen molar-refractivity contribution in [1.29, 1.82) is 0 Å². The summed E-state index contributed by atoms with van der Waals surface area (Å²) >= 11 is 1.60. The number of hydrogen-bond acceptors (Lipinski definition) is 6. The van der Waals surface area contributed by atoms with E-state index in [2.05, 4.69) is 0 Å². The second kappa shape index (κ2) is 9.85. The summed E-state index contributed by atoms with van der Waals surface area (Å²) in [4.78, 5) is 30.6. The molecule has 37 heavy (non-hydrogen) atoms. The molecule has 8 nitrogen and oxygen atoms in total. The minimum absolute atomic E-state index is 0.0490. The quantitative estimate of drug-likeness (QED) is 0.504. The van der Waals surface area contributed by atoms with Crippen LogP contribution in [0.3, 0.4) is 0 Å². The van der Waals surface area contributed by atoms with Gasteiger partial charge in [-0.15, -0.1) is 0 Å². The van der Waals surface area contributed by atoms with Crippen molar-refractivity contribution >= 4 is 23.2 Å². The molecule has 0 atom stereocenters. The lowest BCUT2D eigenvalue weighted by molar-refractivity contribution is -0.138. The number of aromatic nitrogens is 2. The summed E-state index contributed by atoms with van der Waals surface area (Å²) in [6, 6.07) is 6.06. The SMILES string of the molecule is COc1cc2c(cc1OC)-c1c(c(C(=O)N3CCCN(C(=O)C4CCC4)CC3)nn1-c1ccsc1)CC2. The Morgan fingerprint density at radius 2 is 1.73 bits per heavy atom.